The average molecular weight is 227 g/mol. The first-order valence-electron chi connectivity index (χ1n) is 5.96. The summed E-state index contributed by atoms with van der Waals surface area (Å²) in [7, 11) is 1.94. The molecule has 4 nitrogen and oxygen atoms in total. The molecule has 16 heavy (non-hydrogen) atoms. The average Bonchev–Trinajstić information content (AvgIpc) is 2.24. The fourth-order valence-electron chi connectivity index (χ4n) is 2.35. The number of ketones is 1. The minimum atomic E-state index is -0.905. The smallest absolute Gasteiger partial charge is 0.320 e. The van der Waals surface area contributed by atoms with Crippen molar-refractivity contribution in [3.05, 3.63) is 0 Å². The number of esters is 1. The third-order valence-corrected chi connectivity index (χ3v) is 3.14. The number of hydrogen-bond acceptors (Lipinski definition) is 4. The van der Waals surface area contributed by atoms with Crippen molar-refractivity contribution in [2.45, 2.75) is 33.1 Å². The summed E-state index contributed by atoms with van der Waals surface area (Å²) in [6, 6.07) is 0. The first-order valence-corrected chi connectivity index (χ1v) is 5.96. The van der Waals surface area contributed by atoms with Crippen molar-refractivity contribution in [3.63, 3.8) is 0 Å². The number of rotatable bonds is 4. The highest BCUT2D eigenvalue weighted by Crippen LogP contribution is 2.32. The van der Waals surface area contributed by atoms with Crippen LogP contribution in [0.15, 0.2) is 0 Å². The molecule has 0 aromatic rings. The molecule has 4 heteroatoms. The van der Waals surface area contributed by atoms with Crippen LogP contribution in [0.4, 0.5) is 0 Å². The van der Waals surface area contributed by atoms with E-state index in [1.54, 1.807) is 6.92 Å². The lowest BCUT2D eigenvalue weighted by Gasteiger charge is -2.37. The van der Waals surface area contributed by atoms with Crippen molar-refractivity contribution in [2.75, 3.05) is 26.7 Å². The zero-order valence-corrected chi connectivity index (χ0v) is 10.4. The van der Waals surface area contributed by atoms with E-state index in [-0.39, 0.29) is 11.8 Å². The largest absolute Gasteiger partial charge is 0.465 e. The minimum absolute atomic E-state index is 0.0471. The van der Waals surface area contributed by atoms with Gasteiger partial charge in [-0.15, -0.1) is 0 Å². The maximum Gasteiger partial charge on any atom is 0.320 e. The van der Waals surface area contributed by atoms with E-state index in [9.17, 15) is 9.59 Å². The van der Waals surface area contributed by atoms with E-state index in [1.807, 2.05) is 18.9 Å². The third kappa shape index (κ3) is 2.43. The second-order valence-electron chi connectivity index (χ2n) is 4.46. The normalized spacial score (nSPS) is 26.8. The molecule has 0 bridgehead atoms. The molecule has 0 N–H and O–H groups in total. The van der Waals surface area contributed by atoms with Gasteiger partial charge >= 0.3 is 5.97 Å². The summed E-state index contributed by atoms with van der Waals surface area (Å²) < 4.78 is 5.07. The molecular weight excluding hydrogens is 206 g/mol. The molecule has 1 atom stereocenters. The molecular formula is C12H21NO3. The Morgan fingerprint density at radius 2 is 2.19 bits per heavy atom. The molecule has 1 aliphatic rings. The van der Waals surface area contributed by atoms with Crippen molar-refractivity contribution in [2.24, 2.45) is 5.41 Å². The summed E-state index contributed by atoms with van der Waals surface area (Å²) >= 11 is 0. The summed E-state index contributed by atoms with van der Waals surface area (Å²) in [4.78, 5) is 26.1. The van der Waals surface area contributed by atoms with Gasteiger partial charge in [0.1, 0.15) is 5.41 Å². The molecule has 1 fully saturated rings. The highest BCUT2D eigenvalue weighted by Gasteiger charge is 2.48. The summed E-state index contributed by atoms with van der Waals surface area (Å²) in [6.07, 6.45) is 1.86. The molecule has 92 valence electrons. The number of carbonyl (C=O) groups is 2. The second kappa shape index (κ2) is 5.43. The summed E-state index contributed by atoms with van der Waals surface area (Å²) in [6.45, 7) is 5.33. The number of piperidine rings is 1. The first kappa shape index (κ1) is 13.2. The van der Waals surface area contributed by atoms with E-state index in [1.165, 1.54) is 0 Å². The molecule has 1 rings (SSSR count). The van der Waals surface area contributed by atoms with Gasteiger partial charge in [0.25, 0.3) is 0 Å². The Hall–Kier alpha value is -0.900. The van der Waals surface area contributed by atoms with Gasteiger partial charge in [-0.25, -0.2) is 0 Å². The molecule has 0 radical (unpaired) electrons. The maximum atomic E-state index is 12.0. The van der Waals surface area contributed by atoms with E-state index in [4.69, 9.17) is 4.74 Å². The summed E-state index contributed by atoms with van der Waals surface area (Å²) in [5, 5.41) is 0. The molecule has 0 aliphatic carbocycles. The SMILES string of the molecule is CCCC1(C(=O)OCC)CN(C)CCC1=O. The van der Waals surface area contributed by atoms with Crippen molar-refractivity contribution in [1.29, 1.82) is 0 Å². The molecule has 1 aliphatic heterocycles. The van der Waals surface area contributed by atoms with Crippen molar-refractivity contribution in [3.8, 4) is 0 Å². The van der Waals surface area contributed by atoms with E-state index < -0.39 is 5.41 Å². The first-order chi connectivity index (χ1) is 7.56. The molecule has 0 aromatic carbocycles. The Labute approximate surface area is 96.9 Å². The minimum Gasteiger partial charge on any atom is -0.465 e. The molecule has 1 heterocycles. The lowest BCUT2D eigenvalue weighted by atomic mass is 9.75. The van der Waals surface area contributed by atoms with Gasteiger partial charge in [0, 0.05) is 19.5 Å². The van der Waals surface area contributed by atoms with Gasteiger partial charge in [0.2, 0.25) is 0 Å². The maximum absolute atomic E-state index is 12.0. The lowest BCUT2D eigenvalue weighted by molar-refractivity contribution is -0.164. The number of nitrogens with zero attached hydrogens (tertiary/aromatic N) is 1. The van der Waals surface area contributed by atoms with Gasteiger partial charge in [0.05, 0.1) is 6.61 Å². The van der Waals surface area contributed by atoms with Crippen LogP contribution < -0.4 is 0 Å². The number of ether oxygens (including phenoxy) is 1. The quantitative estimate of drug-likeness (QED) is 0.535. The van der Waals surface area contributed by atoms with Crippen LogP contribution in [0.25, 0.3) is 0 Å². The van der Waals surface area contributed by atoms with Crippen LogP contribution in [0.5, 0.6) is 0 Å². The fraction of sp³-hybridized carbons (Fsp3) is 0.833. The van der Waals surface area contributed by atoms with Crippen molar-refractivity contribution in [1.82, 2.24) is 4.90 Å². The Kier molecular flexibility index (Phi) is 4.47. The van der Waals surface area contributed by atoms with Gasteiger partial charge in [-0.05, 0) is 20.4 Å². The van der Waals surface area contributed by atoms with Crippen LogP contribution >= 0.6 is 0 Å². The van der Waals surface area contributed by atoms with Crippen molar-refractivity contribution >= 4 is 11.8 Å². The fourth-order valence-corrected chi connectivity index (χ4v) is 2.35. The van der Waals surface area contributed by atoms with Crippen LogP contribution in [0.3, 0.4) is 0 Å². The number of hydrogen-bond donors (Lipinski definition) is 0. The highest BCUT2D eigenvalue weighted by molar-refractivity contribution is 6.04. The molecule has 0 saturated carbocycles. The Morgan fingerprint density at radius 1 is 1.50 bits per heavy atom. The van der Waals surface area contributed by atoms with Gasteiger partial charge < -0.3 is 9.64 Å². The standard InChI is InChI=1S/C12H21NO3/c1-4-7-12(11(15)16-5-2)9-13(3)8-6-10(12)14/h4-9H2,1-3H3. The number of likely N-dealkylation sites (tertiary alicyclic amines) is 1. The zero-order chi connectivity index (χ0) is 12.2. The monoisotopic (exact) mass is 227 g/mol. The molecule has 0 spiro atoms. The van der Waals surface area contributed by atoms with E-state index in [2.05, 4.69) is 0 Å². The predicted octanol–water partition coefficient (Wildman–Crippen LogP) is 1.24. The van der Waals surface area contributed by atoms with Gasteiger partial charge in [-0.2, -0.15) is 0 Å². The third-order valence-electron chi connectivity index (χ3n) is 3.14. The van der Waals surface area contributed by atoms with Crippen LogP contribution in [-0.2, 0) is 14.3 Å². The van der Waals surface area contributed by atoms with E-state index in [0.717, 1.165) is 13.0 Å². The molecule has 1 unspecified atom stereocenters. The van der Waals surface area contributed by atoms with Gasteiger partial charge in [-0.1, -0.05) is 13.3 Å². The van der Waals surface area contributed by atoms with Gasteiger partial charge in [0.15, 0.2) is 5.78 Å². The lowest BCUT2D eigenvalue weighted by Crippen LogP contribution is -2.53. The molecule has 0 amide bonds. The number of carbonyl (C=O) groups excluding carboxylic acids is 2. The van der Waals surface area contributed by atoms with Gasteiger partial charge in [-0.3, -0.25) is 9.59 Å². The Balaban J connectivity index is 2.92. The van der Waals surface area contributed by atoms with Crippen molar-refractivity contribution < 1.29 is 14.3 Å². The summed E-state index contributed by atoms with van der Waals surface area (Å²) in [5.41, 5.74) is -0.905. The van der Waals surface area contributed by atoms with E-state index >= 15 is 0 Å². The van der Waals surface area contributed by atoms with Crippen LogP contribution in [0.2, 0.25) is 0 Å². The topological polar surface area (TPSA) is 46.6 Å². The van der Waals surface area contributed by atoms with Crippen LogP contribution in [-0.4, -0.2) is 43.4 Å². The number of Topliss-reactive ketones (excluding diaryl/α,β-unsaturated/α-hetero) is 1. The molecule has 0 aromatic heterocycles. The van der Waals surface area contributed by atoms with Crippen LogP contribution in [0.1, 0.15) is 33.1 Å². The molecule has 1 saturated heterocycles. The predicted molar refractivity (Wildman–Crippen MR) is 61.1 cm³/mol. The Bertz CT molecular complexity index is 277. The van der Waals surface area contributed by atoms with E-state index in [0.29, 0.717) is 26.0 Å². The summed E-state index contributed by atoms with van der Waals surface area (Å²) in [5.74, 6) is -0.292. The second-order valence-corrected chi connectivity index (χ2v) is 4.46. The van der Waals surface area contributed by atoms with Crippen LogP contribution in [0, 0.1) is 5.41 Å². The zero-order valence-electron chi connectivity index (χ0n) is 10.4. The Morgan fingerprint density at radius 3 is 2.75 bits per heavy atom. The highest BCUT2D eigenvalue weighted by atomic mass is 16.5.